The third kappa shape index (κ3) is 2.48. The number of benzene rings is 1. The maximum Gasteiger partial charge on any atom is 0.0496 e. The average Bonchev–Trinajstić information content (AvgIpc) is 1.96. The van der Waals surface area contributed by atoms with E-state index in [9.17, 15) is 8.76 Å². The predicted octanol–water partition coefficient (Wildman–Crippen LogP) is 1.85. The van der Waals surface area contributed by atoms with E-state index < -0.39 is 11.3 Å². The van der Waals surface area contributed by atoms with Gasteiger partial charge in [0.15, 0.2) is 0 Å². The van der Waals surface area contributed by atoms with E-state index in [-0.39, 0.29) is 0 Å². The number of anilines is 1. The molecule has 0 aliphatic carbocycles. The van der Waals surface area contributed by atoms with Crippen molar-refractivity contribution < 1.29 is 8.76 Å². The molecule has 0 fully saturated rings. The van der Waals surface area contributed by atoms with Crippen molar-refractivity contribution in [2.45, 2.75) is 6.92 Å². The van der Waals surface area contributed by atoms with Gasteiger partial charge in [-0.25, -0.2) is 0 Å². The molecule has 0 aromatic heterocycles. The van der Waals surface area contributed by atoms with Crippen LogP contribution in [0.2, 0.25) is 5.02 Å². The smallest absolute Gasteiger partial charge is 0.0496 e. The molecular formula is C7H7ClNO2S-. The van der Waals surface area contributed by atoms with Crippen LogP contribution in [0.5, 0.6) is 0 Å². The first-order valence-corrected chi connectivity index (χ1v) is 4.67. The lowest BCUT2D eigenvalue weighted by molar-refractivity contribution is 0.542. The minimum absolute atomic E-state index is 0.508. The molecule has 1 rings (SSSR count). The maximum absolute atomic E-state index is 10.3. The second-order valence-corrected chi connectivity index (χ2v) is 3.41. The molecule has 66 valence electrons. The Labute approximate surface area is 78.2 Å². The van der Waals surface area contributed by atoms with Gasteiger partial charge in [0.05, 0.1) is 0 Å². The van der Waals surface area contributed by atoms with Crippen LogP contribution < -0.4 is 4.72 Å². The van der Waals surface area contributed by atoms with Crippen LogP contribution in [0.4, 0.5) is 5.69 Å². The minimum atomic E-state index is -2.29. The van der Waals surface area contributed by atoms with E-state index in [1.165, 1.54) is 0 Å². The highest BCUT2D eigenvalue weighted by atomic mass is 35.5. The van der Waals surface area contributed by atoms with E-state index in [2.05, 4.69) is 4.72 Å². The molecule has 0 aliphatic heterocycles. The van der Waals surface area contributed by atoms with Gasteiger partial charge < -0.3 is 9.27 Å². The van der Waals surface area contributed by atoms with Crippen molar-refractivity contribution in [1.29, 1.82) is 0 Å². The molecule has 1 N–H and O–H groups in total. The van der Waals surface area contributed by atoms with Gasteiger partial charge in [-0.3, -0.25) is 4.21 Å². The maximum atomic E-state index is 10.3. The summed E-state index contributed by atoms with van der Waals surface area (Å²) in [5.74, 6) is 0. The first-order valence-electron chi connectivity index (χ1n) is 3.21. The molecule has 1 atom stereocenters. The molecular weight excluding hydrogens is 198 g/mol. The highest BCUT2D eigenvalue weighted by Gasteiger charge is 1.97. The Morgan fingerprint density at radius 3 is 2.83 bits per heavy atom. The van der Waals surface area contributed by atoms with Crippen molar-refractivity contribution in [1.82, 2.24) is 0 Å². The van der Waals surface area contributed by atoms with Crippen LogP contribution in [0.3, 0.4) is 0 Å². The van der Waals surface area contributed by atoms with E-state index in [1.807, 2.05) is 0 Å². The fraction of sp³-hybridized carbons (Fsp3) is 0.143. The Morgan fingerprint density at radius 1 is 1.58 bits per heavy atom. The van der Waals surface area contributed by atoms with Crippen molar-refractivity contribution in [3.05, 3.63) is 28.8 Å². The molecule has 0 radical (unpaired) electrons. The van der Waals surface area contributed by atoms with Crippen LogP contribution in [-0.2, 0) is 11.3 Å². The summed E-state index contributed by atoms with van der Waals surface area (Å²) < 4.78 is 22.8. The molecule has 1 unspecified atom stereocenters. The van der Waals surface area contributed by atoms with E-state index >= 15 is 0 Å². The van der Waals surface area contributed by atoms with Gasteiger partial charge in [0.2, 0.25) is 0 Å². The zero-order valence-corrected chi connectivity index (χ0v) is 7.91. The van der Waals surface area contributed by atoms with Crippen molar-refractivity contribution >= 4 is 28.6 Å². The van der Waals surface area contributed by atoms with E-state index in [0.29, 0.717) is 10.7 Å². The molecule has 1 aromatic carbocycles. The van der Waals surface area contributed by atoms with Crippen molar-refractivity contribution in [2.75, 3.05) is 4.72 Å². The molecule has 3 nitrogen and oxygen atoms in total. The third-order valence-corrected chi connectivity index (χ3v) is 2.01. The van der Waals surface area contributed by atoms with Crippen molar-refractivity contribution in [3.63, 3.8) is 0 Å². The zero-order valence-electron chi connectivity index (χ0n) is 6.33. The number of nitrogens with one attached hydrogen (secondary N) is 1. The highest BCUT2D eigenvalue weighted by Crippen LogP contribution is 2.20. The number of hydrogen-bond donors (Lipinski definition) is 1. The SMILES string of the molecule is Cc1ccc(Cl)cc1NS(=O)[O-]. The highest BCUT2D eigenvalue weighted by molar-refractivity contribution is 7.80. The summed E-state index contributed by atoms with van der Waals surface area (Å²) in [7, 11) is 0. The monoisotopic (exact) mass is 204 g/mol. The van der Waals surface area contributed by atoms with Crippen LogP contribution in [0.1, 0.15) is 5.56 Å². The van der Waals surface area contributed by atoms with Gasteiger partial charge in [0.25, 0.3) is 0 Å². The summed E-state index contributed by atoms with van der Waals surface area (Å²) in [6.45, 7) is 1.80. The van der Waals surface area contributed by atoms with E-state index in [0.717, 1.165) is 5.56 Å². The lowest BCUT2D eigenvalue weighted by atomic mass is 10.2. The quantitative estimate of drug-likeness (QED) is 0.748. The summed E-state index contributed by atoms with van der Waals surface area (Å²) in [6, 6.07) is 5.01. The van der Waals surface area contributed by atoms with Gasteiger partial charge in [0.1, 0.15) is 0 Å². The van der Waals surface area contributed by atoms with E-state index in [1.54, 1.807) is 25.1 Å². The number of halogens is 1. The first kappa shape index (κ1) is 9.51. The summed E-state index contributed by atoms with van der Waals surface area (Å²) >= 11 is 3.37. The lowest BCUT2D eigenvalue weighted by Gasteiger charge is -2.10. The Hall–Kier alpha value is -0.580. The van der Waals surface area contributed by atoms with Gasteiger partial charge in [-0.2, -0.15) is 0 Å². The molecule has 0 bridgehead atoms. The summed E-state index contributed by atoms with van der Waals surface area (Å²) in [6.07, 6.45) is 0. The second-order valence-electron chi connectivity index (χ2n) is 2.30. The second kappa shape index (κ2) is 3.89. The van der Waals surface area contributed by atoms with Crippen LogP contribution >= 0.6 is 11.6 Å². The topological polar surface area (TPSA) is 52.2 Å². The Bertz CT molecular complexity index is 316. The van der Waals surface area contributed by atoms with Gasteiger partial charge in [0, 0.05) is 22.0 Å². The van der Waals surface area contributed by atoms with Crippen LogP contribution in [0, 0.1) is 6.92 Å². The molecule has 1 aromatic rings. The van der Waals surface area contributed by atoms with Crippen LogP contribution in [0.15, 0.2) is 18.2 Å². The molecule has 12 heavy (non-hydrogen) atoms. The average molecular weight is 205 g/mol. The molecule has 5 heteroatoms. The standard InChI is InChI=1S/C7H8ClNO2S/c1-5-2-3-6(8)4-7(5)9-12(10)11/h2-4,9H,1H3,(H,10,11)/p-1. The molecule has 0 amide bonds. The molecule has 0 spiro atoms. The molecule has 0 aliphatic rings. The number of aryl methyl sites for hydroxylation is 1. The lowest BCUT2D eigenvalue weighted by Crippen LogP contribution is -2.03. The predicted molar refractivity (Wildman–Crippen MR) is 48.7 cm³/mol. The third-order valence-electron chi connectivity index (χ3n) is 1.39. The first-order chi connectivity index (χ1) is 5.59. The molecule has 0 saturated carbocycles. The Morgan fingerprint density at radius 2 is 2.25 bits per heavy atom. The number of rotatable bonds is 2. The summed E-state index contributed by atoms with van der Waals surface area (Å²) in [5.41, 5.74) is 1.35. The fourth-order valence-corrected chi connectivity index (χ4v) is 1.37. The zero-order chi connectivity index (χ0) is 9.14. The van der Waals surface area contributed by atoms with Crippen molar-refractivity contribution in [3.8, 4) is 0 Å². The fourth-order valence-electron chi connectivity index (χ4n) is 0.794. The Balaban J connectivity index is 2.97. The van der Waals surface area contributed by atoms with Crippen LogP contribution in [0.25, 0.3) is 0 Å². The van der Waals surface area contributed by atoms with Crippen molar-refractivity contribution in [2.24, 2.45) is 0 Å². The molecule has 0 saturated heterocycles. The van der Waals surface area contributed by atoms with Gasteiger partial charge in [-0.05, 0) is 24.6 Å². The van der Waals surface area contributed by atoms with Gasteiger partial charge in [-0.1, -0.05) is 17.7 Å². The van der Waals surface area contributed by atoms with Gasteiger partial charge >= 0.3 is 0 Å². The summed E-state index contributed by atoms with van der Waals surface area (Å²) in [5, 5.41) is 0.508. The Kier molecular flexibility index (Phi) is 3.08. The number of hydrogen-bond acceptors (Lipinski definition) is 2. The largest absolute Gasteiger partial charge is 0.755 e. The normalized spacial score (nSPS) is 12.6. The summed E-state index contributed by atoms with van der Waals surface area (Å²) in [4.78, 5) is 0. The molecule has 0 heterocycles. The van der Waals surface area contributed by atoms with E-state index in [4.69, 9.17) is 11.6 Å². The minimum Gasteiger partial charge on any atom is -0.755 e. The van der Waals surface area contributed by atoms with Gasteiger partial charge in [-0.15, -0.1) is 0 Å². The van der Waals surface area contributed by atoms with Crippen LogP contribution in [-0.4, -0.2) is 8.76 Å².